The van der Waals surface area contributed by atoms with Gasteiger partial charge in [-0.05, 0) is 44.6 Å². The Morgan fingerprint density at radius 2 is 2.00 bits per heavy atom. The fourth-order valence-corrected chi connectivity index (χ4v) is 4.30. The zero-order valence-electron chi connectivity index (χ0n) is 11.4. The summed E-state index contributed by atoms with van der Waals surface area (Å²) in [7, 11) is 0. The summed E-state index contributed by atoms with van der Waals surface area (Å²) in [5.41, 5.74) is 0.0429. The van der Waals surface area contributed by atoms with E-state index in [0.717, 1.165) is 38.1 Å². The van der Waals surface area contributed by atoms with Gasteiger partial charge in [-0.3, -0.25) is 4.90 Å². The molecule has 2 saturated heterocycles. The van der Waals surface area contributed by atoms with Crippen LogP contribution in [0.25, 0.3) is 0 Å². The Morgan fingerprint density at radius 3 is 2.67 bits per heavy atom. The van der Waals surface area contributed by atoms with Crippen LogP contribution >= 0.6 is 0 Å². The lowest BCUT2D eigenvalue weighted by molar-refractivity contribution is 0.0438. The van der Waals surface area contributed by atoms with Crippen LogP contribution in [-0.4, -0.2) is 49.0 Å². The van der Waals surface area contributed by atoms with Gasteiger partial charge in [-0.2, -0.15) is 0 Å². The SMILES string of the molecule is OCC1(CN2CCCC2C2CCCC2)CCOC1. The molecule has 104 valence electrons. The molecule has 3 fully saturated rings. The first kappa shape index (κ1) is 12.9. The molecule has 2 aliphatic heterocycles. The quantitative estimate of drug-likeness (QED) is 0.832. The van der Waals surface area contributed by atoms with Crippen molar-refractivity contribution < 1.29 is 9.84 Å². The molecule has 0 radical (unpaired) electrons. The number of nitrogens with zero attached hydrogens (tertiary/aromatic N) is 1. The topological polar surface area (TPSA) is 32.7 Å². The van der Waals surface area contributed by atoms with E-state index in [0.29, 0.717) is 6.61 Å². The van der Waals surface area contributed by atoms with Crippen LogP contribution in [0, 0.1) is 11.3 Å². The number of rotatable bonds is 4. The molecule has 3 nitrogen and oxygen atoms in total. The third-order valence-corrected chi connectivity index (χ3v) is 5.42. The van der Waals surface area contributed by atoms with E-state index >= 15 is 0 Å². The van der Waals surface area contributed by atoms with E-state index in [9.17, 15) is 5.11 Å². The summed E-state index contributed by atoms with van der Waals surface area (Å²) >= 11 is 0. The Morgan fingerprint density at radius 1 is 1.17 bits per heavy atom. The van der Waals surface area contributed by atoms with Crippen LogP contribution in [0.2, 0.25) is 0 Å². The Bertz CT molecular complexity index is 270. The number of hydrogen-bond acceptors (Lipinski definition) is 3. The molecule has 0 spiro atoms. The number of hydrogen-bond donors (Lipinski definition) is 1. The zero-order valence-corrected chi connectivity index (χ0v) is 11.4. The van der Waals surface area contributed by atoms with Crippen molar-refractivity contribution in [1.29, 1.82) is 0 Å². The summed E-state index contributed by atoms with van der Waals surface area (Å²) in [5.74, 6) is 0.936. The molecule has 1 N–H and O–H groups in total. The maximum absolute atomic E-state index is 9.72. The molecule has 18 heavy (non-hydrogen) atoms. The standard InChI is InChI=1S/C15H27NO2/c17-11-15(7-9-18-12-15)10-16-8-3-6-14(16)13-4-1-2-5-13/h13-14,17H,1-12H2. The van der Waals surface area contributed by atoms with Gasteiger partial charge in [0.1, 0.15) is 0 Å². The highest BCUT2D eigenvalue weighted by Gasteiger charge is 2.41. The van der Waals surface area contributed by atoms with Crippen LogP contribution in [0.1, 0.15) is 44.9 Å². The van der Waals surface area contributed by atoms with Crippen LogP contribution in [0.3, 0.4) is 0 Å². The minimum atomic E-state index is 0.0429. The number of aliphatic hydroxyl groups is 1. The van der Waals surface area contributed by atoms with Crippen LogP contribution in [0.4, 0.5) is 0 Å². The summed E-state index contributed by atoms with van der Waals surface area (Å²) in [4.78, 5) is 2.68. The van der Waals surface area contributed by atoms with Crippen molar-refractivity contribution >= 4 is 0 Å². The second-order valence-electron chi connectivity index (χ2n) is 6.69. The van der Waals surface area contributed by atoms with Gasteiger partial charge in [-0.25, -0.2) is 0 Å². The van der Waals surface area contributed by atoms with E-state index < -0.39 is 0 Å². The van der Waals surface area contributed by atoms with Crippen molar-refractivity contribution in [2.75, 3.05) is 32.9 Å². The van der Waals surface area contributed by atoms with E-state index in [1.54, 1.807) is 0 Å². The molecule has 3 rings (SSSR count). The lowest BCUT2D eigenvalue weighted by atomic mass is 9.86. The average molecular weight is 253 g/mol. The highest BCUT2D eigenvalue weighted by molar-refractivity contribution is 4.93. The summed E-state index contributed by atoms with van der Waals surface area (Å²) in [6, 6.07) is 0.802. The fraction of sp³-hybridized carbons (Fsp3) is 1.00. The van der Waals surface area contributed by atoms with E-state index in [4.69, 9.17) is 4.74 Å². The molecule has 3 aliphatic rings. The lowest BCUT2D eigenvalue weighted by Crippen LogP contribution is -2.45. The first-order chi connectivity index (χ1) is 8.83. The van der Waals surface area contributed by atoms with Crippen LogP contribution in [0.15, 0.2) is 0 Å². The summed E-state index contributed by atoms with van der Waals surface area (Å²) < 4.78 is 5.54. The highest BCUT2D eigenvalue weighted by Crippen LogP contribution is 2.38. The zero-order chi connectivity index (χ0) is 12.4. The minimum Gasteiger partial charge on any atom is -0.396 e. The Labute approximate surface area is 110 Å². The van der Waals surface area contributed by atoms with Crippen LogP contribution in [-0.2, 0) is 4.74 Å². The molecule has 0 bridgehead atoms. The van der Waals surface area contributed by atoms with Crippen molar-refractivity contribution in [2.45, 2.75) is 51.0 Å². The second kappa shape index (κ2) is 5.48. The third-order valence-electron chi connectivity index (χ3n) is 5.42. The minimum absolute atomic E-state index is 0.0429. The Balaban J connectivity index is 1.63. The van der Waals surface area contributed by atoms with Gasteiger partial charge in [0.25, 0.3) is 0 Å². The van der Waals surface area contributed by atoms with Gasteiger partial charge in [-0.1, -0.05) is 12.8 Å². The van der Waals surface area contributed by atoms with Gasteiger partial charge in [-0.15, -0.1) is 0 Å². The number of likely N-dealkylation sites (tertiary alicyclic amines) is 1. The maximum Gasteiger partial charge on any atom is 0.0557 e. The molecule has 2 heterocycles. The van der Waals surface area contributed by atoms with Crippen molar-refractivity contribution in [3.05, 3.63) is 0 Å². The molecular weight excluding hydrogens is 226 g/mol. The average Bonchev–Trinajstić information content (AvgIpc) is 3.10. The molecule has 0 aromatic rings. The smallest absolute Gasteiger partial charge is 0.0557 e. The van der Waals surface area contributed by atoms with E-state index in [1.165, 1.54) is 45.1 Å². The monoisotopic (exact) mass is 253 g/mol. The highest BCUT2D eigenvalue weighted by atomic mass is 16.5. The molecule has 0 amide bonds. The van der Waals surface area contributed by atoms with Crippen molar-refractivity contribution in [3.63, 3.8) is 0 Å². The molecule has 0 aromatic carbocycles. The fourth-order valence-electron chi connectivity index (χ4n) is 4.30. The van der Waals surface area contributed by atoms with E-state index in [-0.39, 0.29) is 5.41 Å². The molecule has 2 atom stereocenters. The van der Waals surface area contributed by atoms with Gasteiger partial charge in [0, 0.05) is 24.6 Å². The molecule has 2 unspecified atom stereocenters. The predicted octanol–water partition coefficient (Wildman–Crippen LogP) is 2.04. The van der Waals surface area contributed by atoms with Gasteiger partial charge in [0.05, 0.1) is 13.2 Å². The predicted molar refractivity (Wildman–Crippen MR) is 71.5 cm³/mol. The molecule has 0 aromatic heterocycles. The van der Waals surface area contributed by atoms with Gasteiger partial charge in [0.2, 0.25) is 0 Å². The molecular formula is C15H27NO2. The van der Waals surface area contributed by atoms with E-state index in [2.05, 4.69) is 4.90 Å². The normalized spacial score (nSPS) is 38.8. The molecule has 1 saturated carbocycles. The summed E-state index contributed by atoms with van der Waals surface area (Å²) in [5, 5.41) is 9.72. The Kier molecular flexibility index (Phi) is 3.92. The lowest BCUT2D eigenvalue weighted by Gasteiger charge is -2.36. The second-order valence-corrected chi connectivity index (χ2v) is 6.69. The van der Waals surface area contributed by atoms with Crippen molar-refractivity contribution in [1.82, 2.24) is 4.90 Å². The summed E-state index contributed by atoms with van der Waals surface area (Å²) in [6.07, 6.45) is 9.51. The largest absolute Gasteiger partial charge is 0.396 e. The van der Waals surface area contributed by atoms with Gasteiger partial charge in [0.15, 0.2) is 0 Å². The van der Waals surface area contributed by atoms with Gasteiger partial charge >= 0.3 is 0 Å². The van der Waals surface area contributed by atoms with Crippen molar-refractivity contribution in [2.24, 2.45) is 11.3 Å². The maximum atomic E-state index is 9.72. The first-order valence-electron chi connectivity index (χ1n) is 7.76. The summed E-state index contributed by atoms with van der Waals surface area (Å²) in [6.45, 7) is 4.19. The number of ether oxygens (including phenoxy) is 1. The molecule has 1 aliphatic carbocycles. The third kappa shape index (κ3) is 2.45. The van der Waals surface area contributed by atoms with Crippen LogP contribution in [0.5, 0.6) is 0 Å². The first-order valence-corrected chi connectivity index (χ1v) is 7.76. The van der Waals surface area contributed by atoms with E-state index in [1.807, 2.05) is 0 Å². The van der Waals surface area contributed by atoms with Crippen molar-refractivity contribution in [3.8, 4) is 0 Å². The number of aliphatic hydroxyl groups excluding tert-OH is 1. The van der Waals surface area contributed by atoms with Gasteiger partial charge < -0.3 is 9.84 Å². The van der Waals surface area contributed by atoms with Crippen LogP contribution < -0.4 is 0 Å². The molecule has 3 heteroatoms. The Hall–Kier alpha value is -0.120.